The van der Waals surface area contributed by atoms with Crippen LogP contribution in [0.4, 0.5) is 10.1 Å². The van der Waals surface area contributed by atoms with Gasteiger partial charge in [-0.25, -0.2) is 4.39 Å². The second-order valence-corrected chi connectivity index (χ2v) is 6.66. The van der Waals surface area contributed by atoms with E-state index in [1.165, 1.54) is 12.8 Å². The molecule has 0 radical (unpaired) electrons. The van der Waals surface area contributed by atoms with Crippen LogP contribution in [0.5, 0.6) is 0 Å². The van der Waals surface area contributed by atoms with E-state index >= 15 is 0 Å². The molecular weight excluding hydrogens is 353 g/mol. The third kappa shape index (κ3) is 3.55. The largest absolute Gasteiger partial charge is 0.389 e. The highest BCUT2D eigenvalue weighted by Crippen LogP contribution is 2.30. The number of nitrogens with two attached hydrogens (primary N) is 1. The number of benzene rings is 1. The van der Waals surface area contributed by atoms with E-state index in [0.29, 0.717) is 21.8 Å². The van der Waals surface area contributed by atoms with Gasteiger partial charge in [-0.2, -0.15) is 0 Å². The number of likely N-dealkylation sites (N-methyl/N-ethyl adjacent to an activating group) is 2. The van der Waals surface area contributed by atoms with Crippen LogP contribution in [-0.2, 0) is 0 Å². The number of rotatable bonds is 5. The molecule has 1 unspecified atom stereocenters. The highest BCUT2D eigenvalue weighted by molar-refractivity contribution is 9.10. The normalized spacial score (nSPS) is 19.0. The van der Waals surface area contributed by atoms with Gasteiger partial charge in [-0.3, -0.25) is 4.90 Å². The summed E-state index contributed by atoms with van der Waals surface area (Å²) in [6.45, 7) is 5.18. The number of anilines is 1. The van der Waals surface area contributed by atoms with Crippen LogP contribution >= 0.6 is 28.1 Å². The van der Waals surface area contributed by atoms with Gasteiger partial charge in [0.1, 0.15) is 4.99 Å². The first-order chi connectivity index (χ1) is 9.95. The molecule has 0 bridgehead atoms. The number of thiocarbonyl (C=S) groups is 1. The van der Waals surface area contributed by atoms with Crippen LogP contribution in [0.3, 0.4) is 0 Å². The average molecular weight is 374 g/mol. The van der Waals surface area contributed by atoms with Gasteiger partial charge in [-0.1, -0.05) is 19.1 Å². The van der Waals surface area contributed by atoms with Crippen molar-refractivity contribution in [2.24, 2.45) is 5.73 Å². The van der Waals surface area contributed by atoms with Gasteiger partial charge in [0.05, 0.1) is 10.2 Å². The van der Waals surface area contributed by atoms with Crippen molar-refractivity contribution < 1.29 is 4.39 Å². The summed E-state index contributed by atoms with van der Waals surface area (Å²) in [5.74, 6) is -0.302. The molecule has 1 atom stereocenters. The minimum Gasteiger partial charge on any atom is -0.389 e. The van der Waals surface area contributed by atoms with Gasteiger partial charge in [0.15, 0.2) is 5.82 Å². The van der Waals surface area contributed by atoms with Crippen molar-refractivity contribution in [3.8, 4) is 0 Å². The van der Waals surface area contributed by atoms with E-state index < -0.39 is 0 Å². The number of nitrogens with zero attached hydrogens (tertiary/aromatic N) is 2. The van der Waals surface area contributed by atoms with E-state index in [4.69, 9.17) is 18.0 Å². The van der Waals surface area contributed by atoms with Crippen LogP contribution < -0.4 is 10.6 Å². The summed E-state index contributed by atoms with van der Waals surface area (Å²) in [5.41, 5.74) is 6.70. The Balaban J connectivity index is 2.18. The Morgan fingerprint density at radius 2 is 2.29 bits per heavy atom. The highest BCUT2D eigenvalue weighted by atomic mass is 79.9. The Kier molecular flexibility index (Phi) is 5.57. The molecule has 2 N–H and O–H groups in total. The van der Waals surface area contributed by atoms with Crippen molar-refractivity contribution in [2.75, 3.05) is 31.6 Å². The van der Waals surface area contributed by atoms with Gasteiger partial charge in [0, 0.05) is 25.2 Å². The Bertz CT molecular complexity index is 538. The van der Waals surface area contributed by atoms with Crippen molar-refractivity contribution in [3.05, 3.63) is 28.0 Å². The Morgan fingerprint density at radius 3 is 2.90 bits per heavy atom. The first-order valence-electron chi connectivity index (χ1n) is 7.18. The standard InChI is InChI=1S/C15H21BrFN3S/c1-3-20-8-4-5-10(20)9-19(2)12-7-6-11(15(18)21)13(16)14(12)17/h6-7,10H,3-5,8-9H2,1-2H3,(H2,18,21). The third-order valence-electron chi connectivity index (χ3n) is 4.13. The summed E-state index contributed by atoms with van der Waals surface area (Å²) in [6.07, 6.45) is 2.39. The van der Waals surface area contributed by atoms with Gasteiger partial charge in [-0.15, -0.1) is 0 Å². The summed E-state index contributed by atoms with van der Waals surface area (Å²) in [7, 11) is 1.93. The van der Waals surface area contributed by atoms with E-state index in [0.717, 1.165) is 19.6 Å². The molecule has 1 heterocycles. The molecule has 1 saturated heterocycles. The zero-order valence-electron chi connectivity index (χ0n) is 12.4. The van der Waals surface area contributed by atoms with Crippen molar-refractivity contribution in [2.45, 2.75) is 25.8 Å². The van der Waals surface area contributed by atoms with Crippen molar-refractivity contribution >= 4 is 38.8 Å². The molecule has 0 amide bonds. The summed E-state index contributed by atoms with van der Waals surface area (Å²) < 4.78 is 14.9. The molecule has 1 aliphatic heterocycles. The Morgan fingerprint density at radius 1 is 1.57 bits per heavy atom. The lowest BCUT2D eigenvalue weighted by molar-refractivity contribution is 0.270. The molecule has 2 rings (SSSR count). The topological polar surface area (TPSA) is 32.5 Å². The first kappa shape index (κ1) is 16.6. The van der Waals surface area contributed by atoms with E-state index in [9.17, 15) is 4.39 Å². The number of halogens is 2. The SMILES string of the molecule is CCN1CCCC1CN(C)c1ccc(C(N)=S)c(Br)c1F. The van der Waals surface area contributed by atoms with Crippen LogP contribution in [0.2, 0.25) is 0 Å². The first-order valence-corrected chi connectivity index (χ1v) is 8.38. The van der Waals surface area contributed by atoms with E-state index in [2.05, 4.69) is 27.8 Å². The molecule has 0 aliphatic carbocycles. The molecule has 1 aliphatic rings. The molecule has 0 aromatic heterocycles. The highest BCUT2D eigenvalue weighted by Gasteiger charge is 2.25. The van der Waals surface area contributed by atoms with Gasteiger partial charge >= 0.3 is 0 Å². The smallest absolute Gasteiger partial charge is 0.161 e. The number of hydrogen-bond donors (Lipinski definition) is 1. The zero-order chi connectivity index (χ0) is 15.6. The maximum absolute atomic E-state index is 14.5. The molecule has 116 valence electrons. The van der Waals surface area contributed by atoms with Crippen molar-refractivity contribution in [3.63, 3.8) is 0 Å². The van der Waals surface area contributed by atoms with Gasteiger partial charge in [0.25, 0.3) is 0 Å². The molecular formula is C15H21BrFN3S. The van der Waals surface area contributed by atoms with E-state index in [-0.39, 0.29) is 10.8 Å². The Hall–Kier alpha value is -0.720. The zero-order valence-corrected chi connectivity index (χ0v) is 14.8. The van der Waals surface area contributed by atoms with E-state index in [1.54, 1.807) is 12.1 Å². The van der Waals surface area contributed by atoms with Crippen molar-refractivity contribution in [1.29, 1.82) is 0 Å². The van der Waals surface area contributed by atoms with Gasteiger partial charge < -0.3 is 10.6 Å². The second kappa shape index (κ2) is 7.03. The molecule has 21 heavy (non-hydrogen) atoms. The fourth-order valence-corrected chi connectivity index (χ4v) is 3.81. The van der Waals surface area contributed by atoms with Crippen LogP contribution in [0, 0.1) is 5.82 Å². The van der Waals surface area contributed by atoms with Crippen LogP contribution in [0.15, 0.2) is 16.6 Å². The quantitative estimate of drug-likeness (QED) is 0.803. The van der Waals surface area contributed by atoms with Crippen LogP contribution in [-0.4, -0.2) is 42.6 Å². The average Bonchev–Trinajstić information content (AvgIpc) is 2.88. The third-order valence-corrected chi connectivity index (χ3v) is 5.12. The molecule has 6 heteroatoms. The summed E-state index contributed by atoms with van der Waals surface area (Å²) in [4.78, 5) is 4.62. The molecule has 1 fully saturated rings. The maximum atomic E-state index is 14.5. The van der Waals surface area contributed by atoms with Gasteiger partial charge in [-0.05, 0) is 54.0 Å². The monoisotopic (exact) mass is 373 g/mol. The molecule has 1 aromatic carbocycles. The fraction of sp³-hybridized carbons (Fsp3) is 0.533. The molecule has 3 nitrogen and oxygen atoms in total. The minimum atomic E-state index is -0.302. The van der Waals surface area contributed by atoms with Crippen LogP contribution in [0.1, 0.15) is 25.3 Å². The predicted octanol–water partition coefficient (Wildman–Crippen LogP) is 3.14. The van der Waals surface area contributed by atoms with Crippen LogP contribution in [0.25, 0.3) is 0 Å². The summed E-state index contributed by atoms with van der Waals surface area (Å²) in [6, 6.07) is 4.02. The molecule has 1 aromatic rings. The summed E-state index contributed by atoms with van der Waals surface area (Å²) in [5, 5.41) is 0. The molecule has 0 saturated carbocycles. The number of hydrogen-bond acceptors (Lipinski definition) is 3. The lowest BCUT2D eigenvalue weighted by Gasteiger charge is -2.29. The second-order valence-electron chi connectivity index (χ2n) is 5.43. The maximum Gasteiger partial charge on any atom is 0.161 e. The fourth-order valence-electron chi connectivity index (χ4n) is 2.96. The Labute approximate surface area is 139 Å². The van der Waals surface area contributed by atoms with Crippen molar-refractivity contribution in [1.82, 2.24) is 4.90 Å². The summed E-state index contributed by atoms with van der Waals surface area (Å²) >= 11 is 8.18. The number of likely N-dealkylation sites (tertiary alicyclic amines) is 1. The lowest BCUT2D eigenvalue weighted by Crippen LogP contribution is -2.39. The lowest BCUT2D eigenvalue weighted by atomic mass is 10.1. The van der Waals surface area contributed by atoms with E-state index in [1.807, 2.05) is 11.9 Å². The predicted molar refractivity (Wildman–Crippen MR) is 93.5 cm³/mol. The molecule has 0 spiro atoms. The van der Waals surface area contributed by atoms with Gasteiger partial charge in [0.2, 0.25) is 0 Å². The minimum absolute atomic E-state index is 0.197.